The molecule has 0 radical (unpaired) electrons. The molecule has 0 N–H and O–H groups in total. The minimum Gasteiger partial charge on any atom is -0.462 e. The fourth-order valence-corrected chi connectivity index (χ4v) is 69.8. The molecule has 1 aliphatic rings. The molecule has 34 heavy (non-hydrogen) atoms. The minimum atomic E-state index is -1.68. The van der Waals surface area contributed by atoms with Crippen LogP contribution in [0.25, 0.3) is 0 Å². The first-order valence-electron chi connectivity index (χ1n) is 13.6. The van der Waals surface area contributed by atoms with E-state index in [0.29, 0.717) is 4.18 Å². The third kappa shape index (κ3) is 5.01. The van der Waals surface area contributed by atoms with E-state index in [2.05, 4.69) is 137 Å². The second-order valence-electron chi connectivity index (χ2n) is 17.3. The molecule has 1 saturated heterocycles. The van der Waals surface area contributed by atoms with Gasteiger partial charge in [0.25, 0.3) is 0 Å². The van der Waals surface area contributed by atoms with Gasteiger partial charge in [0.15, 0.2) is 0 Å². The molecule has 0 aromatic rings. The van der Waals surface area contributed by atoms with Crippen LogP contribution in [0.3, 0.4) is 0 Å². The summed E-state index contributed by atoms with van der Waals surface area (Å²) in [6, 6.07) is 0. The summed E-state index contributed by atoms with van der Waals surface area (Å²) in [6.45, 7) is 49.5. The van der Waals surface area contributed by atoms with Gasteiger partial charge in [-0.3, -0.25) is 4.81 Å². The molecule has 1 aliphatic heterocycles. The average Bonchev–Trinajstić information content (AvgIpc) is 2.43. The topological polar surface area (TPSA) is 21.7 Å². The Morgan fingerprint density at radius 1 is 0.529 bits per heavy atom. The molecule has 1 atom stereocenters. The zero-order valence-electron chi connectivity index (χ0n) is 27.0. The van der Waals surface area contributed by atoms with E-state index >= 15 is 0 Å². The van der Waals surface area contributed by atoms with Crippen LogP contribution in [0, 0.1) is 0 Å². The third-order valence-corrected chi connectivity index (χ3v) is 52.0. The summed E-state index contributed by atoms with van der Waals surface area (Å²) >= 11 is 0. The van der Waals surface area contributed by atoms with E-state index < -0.39 is 48.4 Å². The Morgan fingerprint density at radius 2 is 0.794 bits per heavy atom. The van der Waals surface area contributed by atoms with Crippen molar-refractivity contribution >= 4 is 62.6 Å². The monoisotopic (exact) mass is 573 g/mol. The van der Waals surface area contributed by atoms with Crippen molar-refractivity contribution in [1.29, 1.82) is 0 Å². The molecule has 0 amide bonds. The van der Waals surface area contributed by atoms with E-state index in [-0.39, 0.29) is 24.6 Å². The van der Waals surface area contributed by atoms with E-state index in [0.717, 1.165) is 0 Å². The maximum atomic E-state index is 7.67. The van der Waals surface area contributed by atoms with E-state index in [1.807, 2.05) is 0 Å². The van der Waals surface area contributed by atoms with Gasteiger partial charge in [-0.2, -0.15) is 0 Å². The lowest BCUT2D eigenvalue weighted by molar-refractivity contribution is 0.0546. The smallest absolute Gasteiger partial charge is 0.441 e. The number of hydrogen-bond donors (Lipinski definition) is 0. The van der Waals surface area contributed by atoms with Crippen LogP contribution in [0.15, 0.2) is 0 Å². The molecule has 1 unspecified atom stereocenters. The summed E-state index contributed by atoms with van der Waals surface area (Å²) in [4.78, 5) is 2.51. The molecule has 0 aromatic carbocycles. The van der Waals surface area contributed by atoms with Crippen LogP contribution in [0.1, 0.15) is 6.92 Å². The highest BCUT2D eigenvalue weighted by Gasteiger charge is 2.74. The van der Waals surface area contributed by atoms with Gasteiger partial charge < -0.3 is 9.23 Å². The fraction of sp³-hybridized carbons (Fsp3) is 1.00. The van der Waals surface area contributed by atoms with Crippen LogP contribution in [0.2, 0.25) is 126 Å². The van der Waals surface area contributed by atoms with Crippen LogP contribution in [-0.4, -0.2) is 80.7 Å². The highest BCUT2D eigenvalue weighted by Crippen LogP contribution is 2.61. The molecule has 3 nitrogen and oxygen atoms in total. The Bertz CT molecular complexity index is 655. The lowest BCUT2D eigenvalue weighted by Crippen LogP contribution is -2.82. The second-order valence-corrected chi connectivity index (χ2v) is 52.1. The standard InChI is InChI=1S/C23H61B2NO2Si6/c1-21-26(2)24(22(29(3,4)5,30(6,7)8)31(9,10)11)28-25(27-21)23(32(12,13)14,33(15,16)17)34(18,19)20/h21H,1-20H3. The van der Waals surface area contributed by atoms with Gasteiger partial charge in [-0.1, -0.05) is 118 Å². The Kier molecular flexibility index (Phi) is 9.31. The predicted octanol–water partition coefficient (Wildman–Crippen LogP) is 8.03. The van der Waals surface area contributed by atoms with Crippen LogP contribution in [0.4, 0.5) is 0 Å². The van der Waals surface area contributed by atoms with E-state index in [1.165, 1.54) is 0 Å². The largest absolute Gasteiger partial charge is 0.462 e. The molecular formula is C23H61B2NO2Si6. The molecule has 1 rings (SSSR count). The van der Waals surface area contributed by atoms with Gasteiger partial charge in [-0.15, -0.1) is 0 Å². The van der Waals surface area contributed by atoms with Gasteiger partial charge in [0.2, 0.25) is 0 Å². The van der Waals surface area contributed by atoms with Crippen molar-refractivity contribution in [2.75, 3.05) is 7.05 Å². The quantitative estimate of drug-likeness (QED) is 0.274. The number of nitrogens with zero attached hydrogens (tertiary/aromatic N) is 1. The van der Waals surface area contributed by atoms with Gasteiger partial charge >= 0.3 is 14.2 Å². The van der Waals surface area contributed by atoms with Crippen LogP contribution in [-0.2, 0) is 9.23 Å². The second kappa shape index (κ2) is 9.50. The van der Waals surface area contributed by atoms with Gasteiger partial charge in [0, 0.05) is 48.4 Å². The SMILES string of the molecule is CC1OB(C([Si](C)(C)C)([Si](C)(C)C)[Si](C)(C)C)OB(C([Si](C)(C)C)([Si](C)(C)C)[Si](C)(C)C)N1C. The molecule has 0 saturated carbocycles. The van der Waals surface area contributed by atoms with Gasteiger partial charge in [-0.25, -0.2) is 0 Å². The molecule has 1 fully saturated rings. The molecule has 1 heterocycles. The summed E-state index contributed by atoms with van der Waals surface area (Å²) in [5, 5.41) is 0. The van der Waals surface area contributed by atoms with E-state index in [1.54, 1.807) is 0 Å². The van der Waals surface area contributed by atoms with Crippen LogP contribution >= 0.6 is 0 Å². The average molecular weight is 574 g/mol. The van der Waals surface area contributed by atoms with Crippen molar-refractivity contribution in [2.45, 2.75) is 139 Å². The van der Waals surface area contributed by atoms with Crippen LogP contribution < -0.4 is 0 Å². The zero-order valence-corrected chi connectivity index (χ0v) is 33.0. The van der Waals surface area contributed by atoms with Crippen molar-refractivity contribution in [3.05, 3.63) is 0 Å². The molecule has 11 heteroatoms. The Morgan fingerprint density at radius 3 is 1.03 bits per heavy atom. The number of rotatable bonds is 8. The maximum Gasteiger partial charge on any atom is 0.441 e. The highest BCUT2D eigenvalue weighted by atomic mass is 28.5. The first-order chi connectivity index (χ1) is 14.5. The normalized spacial score (nSPS) is 21.4. The predicted molar refractivity (Wildman–Crippen MR) is 176 cm³/mol. The Hall–Kier alpha value is 1.31. The summed E-state index contributed by atoms with van der Waals surface area (Å²) in [5.74, 6) is 0. The van der Waals surface area contributed by atoms with Gasteiger partial charge in [-0.05, 0) is 22.3 Å². The molecule has 0 aromatic heterocycles. The number of hydrogen-bond acceptors (Lipinski definition) is 3. The highest BCUT2D eigenvalue weighted by molar-refractivity contribution is 7.27. The molecule has 0 spiro atoms. The van der Waals surface area contributed by atoms with Crippen molar-refractivity contribution in [1.82, 2.24) is 4.81 Å². The third-order valence-electron chi connectivity index (χ3n) is 9.34. The molecule has 0 bridgehead atoms. The van der Waals surface area contributed by atoms with Crippen molar-refractivity contribution in [3.63, 3.8) is 0 Å². The van der Waals surface area contributed by atoms with Crippen molar-refractivity contribution < 1.29 is 9.23 Å². The molecular weight excluding hydrogens is 512 g/mol. The van der Waals surface area contributed by atoms with E-state index in [9.17, 15) is 0 Å². The molecule has 200 valence electrons. The summed E-state index contributed by atoms with van der Waals surface area (Å²) in [7, 11) is -7.67. The molecule has 0 aliphatic carbocycles. The Labute approximate surface area is 222 Å². The fourth-order valence-electron chi connectivity index (χ4n) is 10.2. The van der Waals surface area contributed by atoms with Crippen molar-refractivity contribution in [3.8, 4) is 0 Å². The van der Waals surface area contributed by atoms with Gasteiger partial charge in [0.1, 0.15) is 0 Å². The lowest BCUT2D eigenvalue weighted by atomic mass is 9.73. The summed E-state index contributed by atoms with van der Waals surface area (Å²) in [6.07, 6.45) is 0.0793. The first-order valence-corrected chi connectivity index (χ1v) is 34.6. The maximum absolute atomic E-state index is 7.67. The van der Waals surface area contributed by atoms with E-state index in [4.69, 9.17) is 9.23 Å². The Balaban J connectivity index is 4.10. The van der Waals surface area contributed by atoms with Gasteiger partial charge in [0.05, 0.1) is 6.23 Å². The summed E-state index contributed by atoms with van der Waals surface area (Å²) in [5.41, 5.74) is 0. The lowest BCUT2D eigenvalue weighted by Gasteiger charge is -2.67. The van der Waals surface area contributed by atoms with Crippen LogP contribution in [0.5, 0.6) is 0 Å². The first kappa shape index (κ1) is 33.3. The zero-order chi connectivity index (χ0) is 27.7. The summed E-state index contributed by atoms with van der Waals surface area (Å²) < 4.78 is 15.2. The van der Waals surface area contributed by atoms with Crippen molar-refractivity contribution in [2.24, 2.45) is 0 Å². The minimum absolute atomic E-state index is 0.0793.